The first-order chi connectivity index (χ1) is 7.33. The van der Waals surface area contributed by atoms with Crippen LogP contribution in [0.25, 0.3) is 0 Å². The minimum absolute atomic E-state index is 0.210. The molecule has 90 valence electrons. The van der Waals surface area contributed by atoms with E-state index in [1.54, 1.807) is 0 Å². The third kappa shape index (κ3) is 3.72. The van der Waals surface area contributed by atoms with Crippen molar-refractivity contribution in [1.82, 2.24) is 5.32 Å². The molecule has 4 nitrogen and oxygen atoms in total. The maximum Gasteiger partial charge on any atom is 0.0990 e. The van der Waals surface area contributed by atoms with E-state index < -0.39 is 0 Å². The fourth-order valence-corrected chi connectivity index (χ4v) is 1.85. The Morgan fingerprint density at radius 1 is 1.13 bits per heavy atom. The van der Waals surface area contributed by atoms with E-state index in [9.17, 15) is 0 Å². The summed E-state index contributed by atoms with van der Waals surface area (Å²) in [5.41, 5.74) is 0. The molecule has 1 aliphatic carbocycles. The third-order valence-electron chi connectivity index (χ3n) is 2.74. The zero-order valence-corrected chi connectivity index (χ0v) is 9.99. The van der Waals surface area contributed by atoms with Gasteiger partial charge in [0.2, 0.25) is 0 Å². The summed E-state index contributed by atoms with van der Waals surface area (Å²) in [6.07, 6.45) is 1.48. The van der Waals surface area contributed by atoms with Crippen molar-refractivity contribution >= 4 is 0 Å². The topological polar surface area (TPSA) is 39.7 Å². The summed E-state index contributed by atoms with van der Waals surface area (Å²) in [5.74, 6) is 0. The van der Waals surface area contributed by atoms with Gasteiger partial charge in [-0.3, -0.25) is 0 Å². The smallest absolute Gasteiger partial charge is 0.0990 e. The largest absolute Gasteiger partial charge is 0.379 e. The van der Waals surface area contributed by atoms with Crippen LogP contribution in [-0.4, -0.2) is 51.7 Å². The number of ether oxygens (including phenoxy) is 3. The molecular formula is C11H23NO3. The van der Waals surface area contributed by atoms with Gasteiger partial charge in [-0.05, 0) is 27.3 Å². The standard InChI is InChI=1S/C11H23NO3/c1-4-13-6-7-15-10-8-9(12-3)11(10)14-5-2/h9-12H,4-8H2,1-3H3. The molecule has 0 bridgehead atoms. The molecular weight excluding hydrogens is 194 g/mol. The van der Waals surface area contributed by atoms with Gasteiger partial charge in [0.1, 0.15) is 0 Å². The molecule has 0 heterocycles. The summed E-state index contributed by atoms with van der Waals surface area (Å²) in [5, 5.41) is 3.23. The maximum absolute atomic E-state index is 5.69. The average molecular weight is 217 g/mol. The van der Waals surface area contributed by atoms with Crippen molar-refractivity contribution in [1.29, 1.82) is 0 Å². The van der Waals surface area contributed by atoms with Gasteiger partial charge in [0.05, 0.1) is 25.4 Å². The van der Waals surface area contributed by atoms with Crippen molar-refractivity contribution in [2.75, 3.05) is 33.5 Å². The fraction of sp³-hybridized carbons (Fsp3) is 1.00. The SMILES string of the molecule is CCOCCOC1CC(NC)C1OCC. The Morgan fingerprint density at radius 2 is 1.93 bits per heavy atom. The second kappa shape index (κ2) is 7.17. The zero-order valence-electron chi connectivity index (χ0n) is 9.99. The van der Waals surface area contributed by atoms with Crippen molar-refractivity contribution in [3.63, 3.8) is 0 Å². The molecule has 3 atom stereocenters. The van der Waals surface area contributed by atoms with Crippen LogP contribution in [0.15, 0.2) is 0 Å². The van der Waals surface area contributed by atoms with E-state index in [0.29, 0.717) is 19.3 Å². The molecule has 3 unspecified atom stereocenters. The summed E-state index contributed by atoms with van der Waals surface area (Å²) in [6, 6.07) is 0.446. The highest BCUT2D eigenvalue weighted by atomic mass is 16.6. The van der Waals surface area contributed by atoms with Crippen LogP contribution < -0.4 is 5.32 Å². The normalized spacial score (nSPS) is 30.2. The summed E-state index contributed by atoms with van der Waals surface area (Å²) in [7, 11) is 1.97. The molecule has 4 heteroatoms. The molecule has 1 N–H and O–H groups in total. The van der Waals surface area contributed by atoms with Gasteiger partial charge in [0.15, 0.2) is 0 Å². The maximum atomic E-state index is 5.69. The van der Waals surface area contributed by atoms with Crippen molar-refractivity contribution < 1.29 is 14.2 Å². The minimum atomic E-state index is 0.210. The summed E-state index contributed by atoms with van der Waals surface area (Å²) in [6.45, 7) is 6.84. The van der Waals surface area contributed by atoms with Crippen LogP contribution in [0, 0.1) is 0 Å². The lowest BCUT2D eigenvalue weighted by Crippen LogP contribution is -2.59. The molecule has 0 aromatic rings. The molecule has 0 saturated heterocycles. The lowest BCUT2D eigenvalue weighted by atomic mass is 9.85. The van der Waals surface area contributed by atoms with Crippen molar-refractivity contribution in [3.8, 4) is 0 Å². The van der Waals surface area contributed by atoms with Crippen molar-refractivity contribution in [2.45, 2.75) is 38.5 Å². The Hall–Kier alpha value is -0.160. The van der Waals surface area contributed by atoms with Crippen molar-refractivity contribution in [2.24, 2.45) is 0 Å². The van der Waals surface area contributed by atoms with Gasteiger partial charge in [-0.15, -0.1) is 0 Å². The van der Waals surface area contributed by atoms with Gasteiger partial charge in [-0.1, -0.05) is 0 Å². The van der Waals surface area contributed by atoms with E-state index in [4.69, 9.17) is 14.2 Å². The van der Waals surface area contributed by atoms with Crippen LogP contribution in [0.3, 0.4) is 0 Å². The van der Waals surface area contributed by atoms with E-state index in [2.05, 4.69) is 5.32 Å². The predicted molar refractivity (Wildman–Crippen MR) is 59.1 cm³/mol. The van der Waals surface area contributed by atoms with E-state index in [-0.39, 0.29) is 12.2 Å². The first-order valence-electron chi connectivity index (χ1n) is 5.81. The lowest BCUT2D eigenvalue weighted by Gasteiger charge is -2.43. The van der Waals surface area contributed by atoms with Crippen LogP contribution in [0.1, 0.15) is 20.3 Å². The van der Waals surface area contributed by atoms with Crippen LogP contribution in [-0.2, 0) is 14.2 Å². The molecule has 1 rings (SSSR count). The van der Waals surface area contributed by atoms with Crippen LogP contribution in [0.5, 0.6) is 0 Å². The molecule has 0 aromatic carbocycles. The van der Waals surface area contributed by atoms with Gasteiger partial charge < -0.3 is 19.5 Å². The highest BCUT2D eigenvalue weighted by Gasteiger charge is 2.41. The summed E-state index contributed by atoms with van der Waals surface area (Å²) in [4.78, 5) is 0. The molecule has 0 radical (unpaired) electrons. The number of rotatable bonds is 8. The second-order valence-electron chi connectivity index (χ2n) is 3.66. The second-order valence-corrected chi connectivity index (χ2v) is 3.66. The van der Waals surface area contributed by atoms with Gasteiger partial charge in [0.25, 0.3) is 0 Å². The predicted octanol–water partition coefficient (Wildman–Crippen LogP) is 0.805. The first kappa shape index (κ1) is 12.9. The Kier molecular flexibility index (Phi) is 6.17. The molecule has 1 fully saturated rings. The zero-order chi connectivity index (χ0) is 11.1. The molecule has 1 aliphatic rings. The van der Waals surface area contributed by atoms with E-state index >= 15 is 0 Å². The Bertz CT molecular complexity index is 166. The number of hydrogen-bond acceptors (Lipinski definition) is 4. The number of nitrogens with one attached hydrogen (secondary N) is 1. The monoisotopic (exact) mass is 217 g/mol. The molecule has 15 heavy (non-hydrogen) atoms. The van der Waals surface area contributed by atoms with Crippen LogP contribution in [0.4, 0.5) is 0 Å². The number of likely N-dealkylation sites (N-methyl/N-ethyl adjacent to an activating group) is 1. The van der Waals surface area contributed by atoms with Gasteiger partial charge >= 0.3 is 0 Å². The minimum Gasteiger partial charge on any atom is -0.379 e. The lowest BCUT2D eigenvalue weighted by molar-refractivity contribution is -0.149. The molecule has 1 saturated carbocycles. The van der Waals surface area contributed by atoms with Crippen LogP contribution >= 0.6 is 0 Å². The van der Waals surface area contributed by atoms with Gasteiger partial charge in [0, 0.05) is 19.3 Å². The average Bonchev–Trinajstić information content (AvgIpc) is 2.24. The highest BCUT2D eigenvalue weighted by molar-refractivity contribution is 4.96. The van der Waals surface area contributed by atoms with Crippen LogP contribution in [0.2, 0.25) is 0 Å². The third-order valence-corrected chi connectivity index (χ3v) is 2.74. The summed E-state index contributed by atoms with van der Waals surface area (Å²) >= 11 is 0. The van der Waals surface area contributed by atoms with E-state index in [1.807, 2.05) is 20.9 Å². The molecule has 0 aromatic heterocycles. The molecule has 0 spiro atoms. The van der Waals surface area contributed by atoms with Gasteiger partial charge in [-0.2, -0.15) is 0 Å². The number of hydrogen-bond donors (Lipinski definition) is 1. The Labute approximate surface area is 92.3 Å². The molecule has 0 amide bonds. The first-order valence-corrected chi connectivity index (χ1v) is 5.81. The summed E-state index contributed by atoms with van der Waals surface area (Å²) < 4.78 is 16.5. The van der Waals surface area contributed by atoms with Crippen molar-refractivity contribution in [3.05, 3.63) is 0 Å². The molecule has 0 aliphatic heterocycles. The Morgan fingerprint density at radius 3 is 2.53 bits per heavy atom. The van der Waals surface area contributed by atoms with Gasteiger partial charge in [-0.25, -0.2) is 0 Å². The highest BCUT2D eigenvalue weighted by Crippen LogP contribution is 2.26. The van der Waals surface area contributed by atoms with E-state index in [1.165, 1.54) is 0 Å². The Balaban J connectivity index is 2.13. The van der Waals surface area contributed by atoms with E-state index in [0.717, 1.165) is 19.6 Å². The quantitative estimate of drug-likeness (QED) is 0.611. The fourth-order valence-electron chi connectivity index (χ4n) is 1.85.